The van der Waals surface area contributed by atoms with Crippen LogP contribution in [-0.4, -0.2) is 49.5 Å². The first-order chi connectivity index (χ1) is 8.60. The lowest BCUT2D eigenvalue weighted by molar-refractivity contribution is -0.157. The van der Waals surface area contributed by atoms with Crippen molar-refractivity contribution in [1.82, 2.24) is 5.32 Å². The predicted octanol–water partition coefficient (Wildman–Crippen LogP) is 0.407. The van der Waals surface area contributed by atoms with Gasteiger partial charge in [0.1, 0.15) is 6.04 Å². The first kappa shape index (κ1) is 14.9. The summed E-state index contributed by atoms with van der Waals surface area (Å²) in [5.41, 5.74) is 0. The first-order valence-electron chi connectivity index (χ1n) is 6.25. The zero-order valence-corrected chi connectivity index (χ0v) is 10.8. The van der Waals surface area contributed by atoms with Crippen LogP contribution in [0.3, 0.4) is 0 Å². The number of esters is 1. The zero-order chi connectivity index (χ0) is 13.5. The summed E-state index contributed by atoms with van der Waals surface area (Å²) in [7, 11) is 1.27. The summed E-state index contributed by atoms with van der Waals surface area (Å²) in [6, 6.07) is -0.886. The van der Waals surface area contributed by atoms with E-state index in [0.717, 1.165) is 12.8 Å². The summed E-state index contributed by atoms with van der Waals surface area (Å²) in [6.45, 7) is 3.16. The van der Waals surface area contributed by atoms with Crippen LogP contribution < -0.4 is 5.32 Å². The molecule has 0 aromatic carbocycles. The van der Waals surface area contributed by atoms with Crippen LogP contribution in [0.4, 0.5) is 0 Å². The van der Waals surface area contributed by atoms with E-state index in [1.165, 1.54) is 7.11 Å². The highest BCUT2D eigenvalue weighted by molar-refractivity contribution is 5.83. The molecule has 3 unspecified atom stereocenters. The van der Waals surface area contributed by atoms with Gasteiger partial charge < -0.3 is 19.9 Å². The molecule has 18 heavy (non-hydrogen) atoms. The number of carboxylic acids is 1. The molecule has 1 fully saturated rings. The third kappa shape index (κ3) is 3.96. The minimum Gasteiger partial charge on any atom is -0.480 e. The number of carbonyl (C=O) groups excluding carboxylic acids is 1. The summed E-state index contributed by atoms with van der Waals surface area (Å²) in [6.07, 6.45) is 2.26. The Bertz CT molecular complexity index is 294. The smallest absolute Gasteiger partial charge is 0.321 e. The molecular weight excluding hydrogens is 238 g/mol. The Morgan fingerprint density at radius 2 is 2.17 bits per heavy atom. The molecule has 0 radical (unpaired) electrons. The van der Waals surface area contributed by atoms with Gasteiger partial charge in [-0.15, -0.1) is 0 Å². The van der Waals surface area contributed by atoms with E-state index in [9.17, 15) is 9.59 Å². The third-order valence-electron chi connectivity index (χ3n) is 3.11. The topological polar surface area (TPSA) is 84.9 Å². The number of piperidine rings is 1. The molecule has 0 amide bonds. The minimum absolute atomic E-state index is 0.128. The molecule has 0 spiro atoms. The number of nitrogens with one attached hydrogen (secondary N) is 1. The van der Waals surface area contributed by atoms with E-state index in [0.29, 0.717) is 19.6 Å². The van der Waals surface area contributed by atoms with E-state index in [1.807, 2.05) is 0 Å². The Balaban J connectivity index is 2.56. The van der Waals surface area contributed by atoms with Crippen molar-refractivity contribution < 1.29 is 24.2 Å². The highest BCUT2D eigenvalue weighted by Gasteiger charge is 2.40. The van der Waals surface area contributed by atoms with E-state index in [1.54, 1.807) is 0 Å². The molecule has 3 atom stereocenters. The standard InChI is InChI=1S/C12H21NO5/c1-3-4-5-18-8-6-9(12(16)17-2)10(11(14)15)13-7-8/h8-10,13H,3-7H2,1-2H3,(H,14,15). The lowest BCUT2D eigenvalue weighted by Gasteiger charge is -2.33. The summed E-state index contributed by atoms with van der Waals surface area (Å²) in [5.74, 6) is -2.22. The zero-order valence-electron chi connectivity index (χ0n) is 10.8. The van der Waals surface area contributed by atoms with E-state index in [-0.39, 0.29) is 6.10 Å². The van der Waals surface area contributed by atoms with Crippen LogP contribution in [0.2, 0.25) is 0 Å². The van der Waals surface area contributed by atoms with Gasteiger partial charge in [-0.05, 0) is 12.8 Å². The Hall–Kier alpha value is -1.14. The number of hydrogen-bond donors (Lipinski definition) is 2. The van der Waals surface area contributed by atoms with E-state index >= 15 is 0 Å². The van der Waals surface area contributed by atoms with Gasteiger partial charge in [0.2, 0.25) is 0 Å². The van der Waals surface area contributed by atoms with Crippen LogP contribution in [0.5, 0.6) is 0 Å². The number of ether oxygens (including phenoxy) is 2. The summed E-state index contributed by atoms with van der Waals surface area (Å²) in [4.78, 5) is 22.6. The molecule has 0 bridgehead atoms. The predicted molar refractivity (Wildman–Crippen MR) is 64.2 cm³/mol. The number of methoxy groups -OCH3 is 1. The van der Waals surface area contributed by atoms with Crippen molar-refractivity contribution in [2.45, 2.75) is 38.3 Å². The van der Waals surface area contributed by atoms with E-state index in [4.69, 9.17) is 9.84 Å². The van der Waals surface area contributed by atoms with Gasteiger partial charge in [-0.1, -0.05) is 13.3 Å². The molecule has 0 aromatic heterocycles. The maximum atomic E-state index is 11.6. The third-order valence-corrected chi connectivity index (χ3v) is 3.11. The monoisotopic (exact) mass is 259 g/mol. The van der Waals surface area contributed by atoms with Gasteiger partial charge in [0.15, 0.2) is 0 Å². The fourth-order valence-corrected chi connectivity index (χ4v) is 2.07. The molecule has 2 N–H and O–H groups in total. The molecule has 0 aliphatic carbocycles. The second kappa shape index (κ2) is 7.33. The van der Waals surface area contributed by atoms with Gasteiger partial charge in [0.25, 0.3) is 0 Å². The number of carboxylic acid groups (broad SMARTS) is 1. The molecule has 104 valence electrons. The van der Waals surface area contributed by atoms with Gasteiger partial charge in [-0.3, -0.25) is 9.59 Å². The Kier molecular flexibility index (Phi) is 6.07. The van der Waals surface area contributed by atoms with Gasteiger partial charge in [0, 0.05) is 13.2 Å². The molecule has 0 saturated carbocycles. The van der Waals surface area contributed by atoms with Gasteiger partial charge >= 0.3 is 11.9 Å². The lowest BCUT2D eigenvalue weighted by Crippen LogP contribution is -2.55. The summed E-state index contributed by atoms with van der Waals surface area (Å²) < 4.78 is 10.3. The molecular formula is C12H21NO5. The number of carbonyl (C=O) groups is 2. The minimum atomic E-state index is -1.03. The lowest BCUT2D eigenvalue weighted by atomic mass is 9.89. The van der Waals surface area contributed by atoms with Crippen molar-refractivity contribution in [2.75, 3.05) is 20.3 Å². The quantitative estimate of drug-likeness (QED) is 0.531. The molecule has 1 rings (SSSR count). The van der Waals surface area contributed by atoms with Gasteiger partial charge in [0.05, 0.1) is 19.1 Å². The Morgan fingerprint density at radius 1 is 1.44 bits per heavy atom. The highest BCUT2D eigenvalue weighted by Crippen LogP contribution is 2.21. The van der Waals surface area contributed by atoms with Crippen molar-refractivity contribution in [2.24, 2.45) is 5.92 Å². The normalized spacial score (nSPS) is 27.8. The molecule has 1 aliphatic heterocycles. The van der Waals surface area contributed by atoms with Gasteiger partial charge in [-0.2, -0.15) is 0 Å². The van der Waals surface area contributed by atoms with Crippen LogP contribution in [0, 0.1) is 5.92 Å². The highest BCUT2D eigenvalue weighted by atomic mass is 16.5. The molecule has 1 aliphatic rings. The van der Waals surface area contributed by atoms with Crippen LogP contribution >= 0.6 is 0 Å². The van der Waals surface area contributed by atoms with Crippen LogP contribution in [0.1, 0.15) is 26.2 Å². The Morgan fingerprint density at radius 3 is 2.72 bits per heavy atom. The molecule has 6 nitrogen and oxygen atoms in total. The molecule has 6 heteroatoms. The van der Waals surface area contributed by atoms with Crippen LogP contribution in [-0.2, 0) is 19.1 Å². The number of unbranched alkanes of at least 4 members (excludes halogenated alkanes) is 1. The van der Waals surface area contributed by atoms with Crippen molar-refractivity contribution in [3.8, 4) is 0 Å². The maximum absolute atomic E-state index is 11.6. The fraction of sp³-hybridized carbons (Fsp3) is 0.833. The molecule has 1 heterocycles. The van der Waals surface area contributed by atoms with Crippen LogP contribution in [0.15, 0.2) is 0 Å². The Labute approximate surface area is 107 Å². The van der Waals surface area contributed by atoms with Crippen LogP contribution in [0.25, 0.3) is 0 Å². The number of hydrogen-bond acceptors (Lipinski definition) is 5. The van der Waals surface area contributed by atoms with Gasteiger partial charge in [-0.25, -0.2) is 0 Å². The largest absolute Gasteiger partial charge is 0.480 e. The number of aliphatic carboxylic acids is 1. The van der Waals surface area contributed by atoms with E-state index < -0.39 is 23.9 Å². The summed E-state index contributed by atoms with van der Waals surface area (Å²) >= 11 is 0. The average molecular weight is 259 g/mol. The second-order valence-corrected chi connectivity index (χ2v) is 4.44. The molecule has 1 saturated heterocycles. The number of rotatable bonds is 6. The second-order valence-electron chi connectivity index (χ2n) is 4.44. The van der Waals surface area contributed by atoms with E-state index in [2.05, 4.69) is 17.0 Å². The maximum Gasteiger partial charge on any atom is 0.321 e. The van der Waals surface area contributed by atoms with Crippen molar-refractivity contribution in [3.63, 3.8) is 0 Å². The fourth-order valence-electron chi connectivity index (χ4n) is 2.07. The van der Waals surface area contributed by atoms with Crippen molar-refractivity contribution >= 4 is 11.9 Å². The van der Waals surface area contributed by atoms with Crippen molar-refractivity contribution in [3.05, 3.63) is 0 Å². The first-order valence-corrected chi connectivity index (χ1v) is 6.25. The summed E-state index contributed by atoms with van der Waals surface area (Å²) in [5, 5.41) is 11.9. The molecule has 0 aromatic rings. The van der Waals surface area contributed by atoms with Crippen molar-refractivity contribution in [1.29, 1.82) is 0 Å². The SMILES string of the molecule is CCCCOC1CNC(C(=O)O)C(C(=O)OC)C1. The average Bonchev–Trinajstić information content (AvgIpc) is 2.37.